The van der Waals surface area contributed by atoms with Crippen molar-refractivity contribution in [3.8, 4) is 11.8 Å². The molecule has 0 aliphatic heterocycles. The summed E-state index contributed by atoms with van der Waals surface area (Å²) in [5.74, 6) is 5.28. The zero-order valence-electron chi connectivity index (χ0n) is 19.0. The molecule has 5 rings (SSSR count). The van der Waals surface area contributed by atoms with Crippen molar-refractivity contribution in [2.24, 2.45) is 0 Å². The Kier molecular flexibility index (Phi) is 5.49. The van der Waals surface area contributed by atoms with Crippen molar-refractivity contribution in [1.82, 2.24) is 10.1 Å². The number of nitrogens with zero attached hydrogens (tertiary/aromatic N) is 2. The number of fused-ring (bicyclic) bond motifs is 1. The molecule has 1 amide bonds. The lowest BCUT2D eigenvalue weighted by molar-refractivity contribution is -0.140. The van der Waals surface area contributed by atoms with Gasteiger partial charge in [-0.05, 0) is 56.4 Å². The van der Waals surface area contributed by atoms with Gasteiger partial charge in [-0.1, -0.05) is 41.4 Å². The van der Waals surface area contributed by atoms with Crippen LogP contribution in [0.5, 0.6) is 0 Å². The lowest BCUT2D eigenvalue weighted by Gasteiger charge is -2.13. The first-order valence-corrected chi connectivity index (χ1v) is 11.0. The molecule has 1 aliphatic rings. The number of benzene rings is 2. The van der Waals surface area contributed by atoms with Crippen molar-refractivity contribution in [2.75, 3.05) is 5.32 Å². The fourth-order valence-corrected chi connectivity index (χ4v) is 3.67. The monoisotopic (exact) mass is 471 g/mol. The van der Waals surface area contributed by atoms with Gasteiger partial charge in [0, 0.05) is 5.56 Å². The molecule has 2 N–H and O–H groups in total. The molecule has 35 heavy (non-hydrogen) atoms. The van der Waals surface area contributed by atoms with Crippen molar-refractivity contribution in [3.63, 3.8) is 0 Å². The quantitative estimate of drug-likeness (QED) is 0.391. The molecule has 0 radical (unpaired) electrons. The van der Waals surface area contributed by atoms with E-state index in [2.05, 4.69) is 27.3 Å². The van der Waals surface area contributed by atoms with Gasteiger partial charge in [0.2, 0.25) is 11.7 Å². The highest BCUT2D eigenvalue weighted by molar-refractivity contribution is 5.87. The van der Waals surface area contributed by atoms with Crippen LogP contribution in [0.25, 0.3) is 11.1 Å². The molecule has 1 fully saturated rings. The second-order valence-electron chi connectivity index (χ2n) is 8.39. The Morgan fingerprint density at radius 3 is 2.66 bits per heavy atom. The Morgan fingerprint density at radius 1 is 1.17 bits per heavy atom. The lowest BCUT2D eigenvalue weighted by atomic mass is 10.1. The van der Waals surface area contributed by atoms with Gasteiger partial charge in [0.15, 0.2) is 5.58 Å². The number of hydrogen-bond acceptors (Lipinski definition) is 7. The van der Waals surface area contributed by atoms with Crippen LogP contribution in [0.3, 0.4) is 0 Å². The smallest absolute Gasteiger partial charge is 0.412 e. The standard InChI is InChI=1S/C26H21N3O6/c1-15-22(28-25(32)33-16(2)18-6-4-3-5-7-18)20(35-29-15)11-9-17-8-10-19-21(14-17)34-23(27-19)26(12-13-26)24(30)31/h3-8,10,14,16H,12-13H2,1-2H3,(H,28,32)(H,30,31). The number of carbonyl (C=O) groups excluding carboxylic acids is 1. The fraction of sp³-hybridized carbons (Fsp3) is 0.231. The van der Waals surface area contributed by atoms with E-state index in [0.29, 0.717) is 40.9 Å². The molecular formula is C26H21N3O6. The highest BCUT2D eigenvalue weighted by Crippen LogP contribution is 2.48. The van der Waals surface area contributed by atoms with Crippen LogP contribution < -0.4 is 5.32 Å². The number of hydrogen-bond donors (Lipinski definition) is 2. The van der Waals surface area contributed by atoms with Crippen LogP contribution >= 0.6 is 0 Å². The van der Waals surface area contributed by atoms with Gasteiger partial charge in [-0.25, -0.2) is 9.78 Å². The summed E-state index contributed by atoms with van der Waals surface area (Å²) in [7, 11) is 0. The van der Waals surface area contributed by atoms with Crippen molar-refractivity contribution >= 4 is 28.8 Å². The third kappa shape index (κ3) is 4.34. The van der Waals surface area contributed by atoms with E-state index in [1.165, 1.54) is 0 Å². The van der Waals surface area contributed by atoms with Crippen LogP contribution in [-0.4, -0.2) is 27.3 Å². The molecule has 9 nitrogen and oxygen atoms in total. The predicted molar refractivity (Wildman–Crippen MR) is 125 cm³/mol. The number of nitrogens with one attached hydrogen (secondary N) is 1. The van der Waals surface area contributed by atoms with E-state index in [-0.39, 0.29) is 11.7 Å². The minimum absolute atomic E-state index is 0.174. The Balaban J connectivity index is 1.33. The van der Waals surface area contributed by atoms with E-state index in [4.69, 9.17) is 13.7 Å². The Morgan fingerprint density at radius 2 is 1.94 bits per heavy atom. The summed E-state index contributed by atoms with van der Waals surface area (Å²) in [6, 6.07) is 14.5. The maximum atomic E-state index is 12.4. The van der Waals surface area contributed by atoms with Crippen LogP contribution in [0.15, 0.2) is 57.5 Å². The summed E-state index contributed by atoms with van der Waals surface area (Å²) in [4.78, 5) is 28.3. The summed E-state index contributed by atoms with van der Waals surface area (Å²) in [5.41, 5.74) is 2.23. The van der Waals surface area contributed by atoms with Gasteiger partial charge in [-0.15, -0.1) is 0 Å². The maximum Gasteiger partial charge on any atom is 0.412 e. The van der Waals surface area contributed by atoms with Crippen molar-refractivity contribution in [1.29, 1.82) is 0 Å². The minimum atomic E-state index is -1.02. The number of rotatable bonds is 5. The van der Waals surface area contributed by atoms with E-state index in [1.807, 2.05) is 30.3 Å². The second-order valence-corrected chi connectivity index (χ2v) is 8.39. The van der Waals surface area contributed by atoms with Crippen LogP contribution in [0, 0.1) is 18.8 Å². The molecule has 176 valence electrons. The average Bonchev–Trinajstić information content (AvgIpc) is 3.46. The van der Waals surface area contributed by atoms with Crippen molar-refractivity contribution in [2.45, 2.75) is 38.2 Å². The van der Waals surface area contributed by atoms with Crippen LogP contribution in [0.4, 0.5) is 10.5 Å². The summed E-state index contributed by atoms with van der Waals surface area (Å²) in [5, 5.41) is 16.0. The maximum absolute atomic E-state index is 12.4. The van der Waals surface area contributed by atoms with E-state index < -0.39 is 23.6 Å². The first kappa shape index (κ1) is 22.2. The third-order valence-corrected chi connectivity index (χ3v) is 5.92. The lowest BCUT2D eigenvalue weighted by Crippen LogP contribution is -2.19. The molecule has 0 saturated heterocycles. The molecule has 2 aromatic carbocycles. The highest BCUT2D eigenvalue weighted by Gasteiger charge is 2.56. The fourth-order valence-electron chi connectivity index (χ4n) is 3.67. The first-order chi connectivity index (χ1) is 16.9. The molecule has 0 spiro atoms. The first-order valence-electron chi connectivity index (χ1n) is 11.0. The highest BCUT2D eigenvalue weighted by atomic mass is 16.6. The molecule has 1 aliphatic carbocycles. The molecular weight excluding hydrogens is 450 g/mol. The Hall–Kier alpha value is -4.58. The number of aliphatic carboxylic acids is 1. The largest absolute Gasteiger partial charge is 0.480 e. The van der Waals surface area contributed by atoms with Gasteiger partial charge >= 0.3 is 12.1 Å². The topological polar surface area (TPSA) is 128 Å². The van der Waals surface area contributed by atoms with Gasteiger partial charge in [-0.2, -0.15) is 0 Å². The van der Waals surface area contributed by atoms with Crippen LogP contribution in [-0.2, 0) is 14.9 Å². The third-order valence-electron chi connectivity index (χ3n) is 5.92. The average molecular weight is 471 g/mol. The summed E-state index contributed by atoms with van der Waals surface area (Å²) in [6.45, 7) is 3.46. The number of carboxylic acids is 1. The normalized spacial score (nSPS) is 14.6. The predicted octanol–water partition coefficient (Wildman–Crippen LogP) is 4.95. The number of aryl methyl sites for hydroxylation is 1. The van der Waals surface area contributed by atoms with Gasteiger partial charge in [0.05, 0.1) is 0 Å². The summed E-state index contributed by atoms with van der Waals surface area (Å²) in [6.07, 6.45) is -0.0802. The number of anilines is 1. The number of carbonyl (C=O) groups is 2. The zero-order valence-corrected chi connectivity index (χ0v) is 19.0. The van der Waals surface area contributed by atoms with E-state index in [9.17, 15) is 14.7 Å². The van der Waals surface area contributed by atoms with E-state index in [1.54, 1.807) is 32.0 Å². The number of amides is 1. The number of ether oxygens (including phenoxy) is 1. The minimum Gasteiger partial charge on any atom is -0.480 e. The number of oxazole rings is 1. The molecule has 0 bridgehead atoms. The van der Waals surface area contributed by atoms with Gasteiger partial charge < -0.3 is 18.8 Å². The summed E-state index contributed by atoms with van der Waals surface area (Å²) >= 11 is 0. The SMILES string of the molecule is Cc1noc(C#Cc2ccc3nc(C4(C(=O)O)CC4)oc3c2)c1NC(=O)OC(C)c1ccccc1. The Labute approximate surface area is 200 Å². The Bertz CT molecular complexity index is 1490. The molecule has 1 saturated carbocycles. The molecule has 1 unspecified atom stereocenters. The van der Waals surface area contributed by atoms with Crippen molar-refractivity contribution < 1.29 is 28.4 Å². The van der Waals surface area contributed by atoms with Crippen molar-refractivity contribution in [3.05, 3.63) is 77.0 Å². The molecule has 2 aromatic heterocycles. The van der Waals surface area contributed by atoms with Gasteiger partial charge in [0.1, 0.15) is 28.4 Å². The van der Waals surface area contributed by atoms with Crippen LogP contribution in [0.2, 0.25) is 0 Å². The zero-order chi connectivity index (χ0) is 24.6. The molecule has 1 atom stereocenters. The number of aromatic nitrogens is 2. The van der Waals surface area contributed by atoms with E-state index in [0.717, 1.165) is 5.56 Å². The van der Waals surface area contributed by atoms with Gasteiger partial charge in [-0.3, -0.25) is 10.1 Å². The molecule has 2 heterocycles. The molecule has 9 heteroatoms. The van der Waals surface area contributed by atoms with E-state index >= 15 is 0 Å². The van der Waals surface area contributed by atoms with Crippen LogP contribution in [0.1, 0.15) is 54.3 Å². The molecule has 4 aromatic rings. The van der Waals surface area contributed by atoms with Gasteiger partial charge in [0.25, 0.3) is 0 Å². The second kappa shape index (κ2) is 8.65. The number of carboxylic acid groups (broad SMARTS) is 1. The summed E-state index contributed by atoms with van der Waals surface area (Å²) < 4.78 is 16.5.